The SMILES string of the molecule is [Ca].[Mg].[Ti].[V]. The first kappa shape index (κ1) is 26.5. The molecule has 0 atom stereocenters. The predicted molar refractivity (Wildman–Crippen MR) is 11.5 cm³/mol. The Balaban J connectivity index is 0. The summed E-state index contributed by atoms with van der Waals surface area (Å²) >= 11 is 0. The van der Waals surface area contributed by atoms with E-state index in [9.17, 15) is 0 Å². The van der Waals surface area contributed by atoms with E-state index >= 15 is 0 Å². The van der Waals surface area contributed by atoms with Crippen molar-refractivity contribution in [2.45, 2.75) is 0 Å². The van der Waals surface area contributed by atoms with Crippen molar-refractivity contribution in [3.63, 3.8) is 0 Å². The van der Waals surface area contributed by atoms with Gasteiger partial charge in [0.2, 0.25) is 0 Å². The first-order chi connectivity index (χ1) is 0. The Morgan fingerprint density at radius 2 is 1.00 bits per heavy atom. The van der Waals surface area contributed by atoms with Gasteiger partial charge in [-0.3, -0.25) is 0 Å². The second-order valence-electron chi connectivity index (χ2n) is 0. The molecule has 0 unspecified atom stereocenters. The van der Waals surface area contributed by atoms with Gasteiger partial charge < -0.3 is 0 Å². The summed E-state index contributed by atoms with van der Waals surface area (Å²) in [5.74, 6) is 0. The summed E-state index contributed by atoms with van der Waals surface area (Å²) in [5, 5.41) is 0. The number of hydrogen-bond acceptors (Lipinski definition) is 0. The minimum absolute atomic E-state index is 0. The van der Waals surface area contributed by atoms with Crippen LogP contribution in [0.15, 0.2) is 0 Å². The van der Waals surface area contributed by atoms with Crippen LogP contribution in [0.5, 0.6) is 0 Å². The molecule has 0 nitrogen and oxygen atoms in total. The maximum Gasteiger partial charge on any atom is 0 e. The van der Waals surface area contributed by atoms with Gasteiger partial charge in [0.25, 0.3) is 0 Å². The fourth-order valence-electron chi connectivity index (χ4n) is 0. The molecule has 0 bridgehead atoms. The van der Waals surface area contributed by atoms with Gasteiger partial charge in [-0.05, 0) is 0 Å². The fraction of sp³-hybridized carbons (Fsp3) is 0. The van der Waals surface area contributed by atoms with Gasteiger partial charge in [-0.15, -0.1) is 0 Å². The van der Waals surface area contributed by atoms with Gasteiger partial charge in [0.1, 0.15) is 0 Å². The molecule has 0 aliphatic heterocycles. The first-order valence-corrected chi connectivity index (χ1v) is 0. The predicted octanol–water partition coefficient (Wildman–Crippen LogP) is -0.767. The smallest absolute Gasteiger partial charge is 0 e. The van der Waals surface area contributed by atoms with Crippen LogP contribution >= 0.6 is 0 Å². The molecule has 0 rings (SSSR count). The second kappa shape index (κ2) is 16.2. The summed E-state index contributed by atoms with van der Waals surface area (Å²) in [6.07, 6.45) is 0. The molecule has 4 heteroatoms. The molecule has 0 saturated heterocycles. The summed E-state index contributed by atoms with van der Waals surface area (Å²) in [4.78, 5) is 0. The minimum Gasteiger partial charge on any atom is 0 e. The summed E-state index contributed by atoms with van der Waals surface area (Å²) in [6, 6.07) is 0. The molecule has 0 aromatic carbocycles. The zero-order chi connectivity index (χ0) is 0. The molecule has 0 fully saturated rings. The van der Waals surface area contributed by atoms with E-state index in [1.165, 1.54) is 0 Å². The van der Waals surface area contributed by atoms with Crippen LogP contribution in [0.2, 0.25) is 0 Å². The van der Waals surface area contributed by atoms with E-state index in [1.54, 1.807) is 0 Å². The van der Waals surface area contributed by atoms with Crippen molar-refractivity contribution in [2.24, 2.45) is 0 Å². The Labute approximate surface area is 98.8 Å². The van der Waals surface area contributed by atoms with Crippen LogP contribution in [0.3, 0.4) is 0 Å². The Morgan fingerprint density at radius 1 is 1.00 bits per heavy atom. The molecule has 13 valence electrons. The van der Waals surface area contributed by atoms with E-state index in [4.69, 9.17) is 0 Å². The van der Waals surface area contributed by atoms with Gasteiger partial charge in [0.15, 0.2) is 0 Å². The topological polar surface area (TPSA) is 0 Å². The molecule has 0 aromatic rings. The Bertz CT molecular complexity index is 8.00. The third-order valence-electron chi connectivity index (χ3n) is 0. The van der Waals surface area contributed by atoms with Crippen LogP contribution in [0.4, 0.5) is 0 Å². The average Bonchev–Trinajstić information content (AvgIpc) is 0. The third-order valence-corrected chi connectivity index (χ3v) is 0. The van der Waals surface area contributed by atoms with Crippen LogP contribution < -0.4 is 0 Å². The van der Waals surface area contributed by atoms with Crippen molar-refractivity contribution in [3.8, 4) is 0 Å². The van der Waals surface area contributed by atoms with E-state index in [-0.39, 0.29) is 101 Å². The molecule has 0 amide bonds. The van der Waals surface area contributed by atoms with Crippen molar-refractivity contribution < 1.29 is 40.3 Å². The summed E-state index contributed by atoms with van der Waals surface area (Å²) in [5.41, 5.74) is 0. The third kappa shape index (κ3) is 9.01. The molecule has 0 aliphatic rings. The maximum absolute atomic E-state index is 0. The zero-order valence-corrected chi connectivity index (χ0v) is 8.94. The van der Waals surface area contributed by atoms with Gasteiger partial charge in [0, 0.05) is 101 Å². The quantitative estimate of drug-likeness (QED) is 0.411. The van der Waals surface area contributed by atoms with Crippen LogP contribution in [0, 0.1) is 0 Å². The number of hydrogen-bond donors (Lipinski definition) is 0. The van der Waals surface area contributed by atoms with Crippen LogP contribution in [-0.4, -0.2) is 60.8 Å². The van der Waals surface area contributed by atoms with Gasteiger partial charge in [-0.1, -0.05) is 0 Å². The van der Waals surface area contributed by atoms with Crippen molar-refractivity contribution in [1.82, 2.24) is 0 Å². The standard InChI is InChI=1S/Ca.Mg.Ti.V. The van der Waals surface area contributed by atoms with E-state index in [0.717, 1.165) is 0 Å². The Kier molecular flexibility index (Phi) is 108. The molecule has 0 aliphatic carbocycles. The maximum atomic E-state index is 0. The summed E-state index contributed by atoms with van der Waals surface area (Å²) in [7, 11) is 0. The molecule has 0 heterocycles. The number of rotatable bonds is 0. The normalized spacial score (nSPS) is 0. The van der Waals surface area contributed by atoms with Gasteiger partial charge in [-0.25, -0.2) is 0 Å². The average molecular weight is 163 g/mol. The Morgan fingerprint density at radius 3 is 1.00 bits per heavy atom. The zero-order valence-electron chi connectivity index (χ0n) is 2.36. The molecule has 0 aromatic heterocycles. The van der Waals surface area contributed by atoms with Gasteiger partial charge in [0.05, 0.1) is 0 Å². The second-order valence-corrected chi connectivity index (χ2v) is 0. The summed E-state index contributed by atoms with van der Waals surface area (Å²) in [6.45, 7) is 0. The van der Waals surface area contributed by atoms with Crippen molar-refractivity contribution >= 4 is 60.8 Å². The van der Waals surface area contributed by atoms with E-state index in [0.29, 0.717) is 0 Å². The van der Waals surface area contributed by atoms with E-state index in [1.807, 2.05) is 0 Å². The van der Waals surface area contributed by atoms with E-state index < -0.39 is 0 Å². The van der Waals surface area contributed by atoms with Crippen LogP contribution in [-0.2, 0) is 40.3 Å². The monoisotopic (exact) mass is 163 g/mol. The molecular formula is CaMgTiV. The van der Waals surface area contributed by atoms with E-state index in [2.05, 4.69) is 0 Å². The van der Waals surface area contributed by atoms with Crippen molar-refractivity contribution in [3.05, 3.63) is 0 Å². The van der Waals surface area contributed by atoms with Crippen molar-refractivity contribution in [1.29, 1.82) is 0 Å². The van der Waals surface area contributed by atoms with Crippen molar-refractivity contribution in [2.75, 3.05) is 0 Å². The molecular weight excluding hydrogens is 163 g/mol. The fourth-order valence-corrected chi connectivity index (χ4v) is 0. The largest absolute Gasteiger partial charge is 0 e. The minimum atomic E-state index is 0. The summed E-state index contributed by atoms with van der Waals surface area (Å²) < 4.78 is 0. The van der Waals surface area contributed by atoms with Gasteiger partial charge >= 0.3 is 0 Å². The van der Waals surface area contributed by atoms with Crippen LogP contribution in [0.25, 0.3) is 0 Å². The Hall–Kier alpha value is 3.32. The van der Waals surface area contributed by atoms with Crippen LogP contribution in [0.1, 0.15) is 0 Å². The first-order valence-electron chi connectivity index (χ1n) is 0. The molecule has 4 heavy (non-hydrogen) atoms. The molecule has 0 N–H and O–H groups in total. The molecule has 0 spiro atoms. The molecule has 0 saturated carbocycles. The van der Waals surface area contributed by atoms with Gasteiger partial charge in [-0.2, -0.15) is 0 Å². The molecule has 5 radical (unpaired) electrons.